The van der Waals surface area contributed by atoms with Crippen LogP contribution in [0.3, 0.4) is 0 Å². The van der Waals surface area contributed by atoms with Crippen LogP contribution in [0.15, 0.2) is 41.7 Å². The molecule has 0 radical (unpaired) electrons. The lowest BCUT2D eigenvalue weighted by Crippen LogP contribution is -1.93. The van der Waals surface area contributed by atoms with Crippen LogP contribution in [0, 0.1) is 16.2 Å². The first-order chi connectivity index (χ1) is 10.1. The van der Waals surface area contributed by atoms with Crippen molar-refractivity contribution in [2.45, 2.75) is 0 Å². The molecule has 1 aromatic heterocycles. The molecular formula is C14H9N3O4. The average Bonchev–Trinajstić information content (AvgIpc) is 2.51. The highest BCUT2D eigenvalue weighted by Gasteiger charge is 2.16. The first-order valence-electron chi connectivity index (χ1n) is 5.73. The van der Waals surface area contributed by atoms with Crippen molar-refractivity contribution in [3.8, 4) is 17.6 Å². The van der Waals surface area contributed by atoms with Crippen LogP contribution in [-0.4, -0.2) is 20.3 Å². The van der Waals surface area contributed by atoms with E-state index in [0.717, 1.165) is 12.1 Å². The molecule has 0 spiro atoms. The Morgan fingerprint density at radius 1 is 1.29 bits per heavy atom. The minimum Gasteiger partial charge on any atom is -0.506 e. The monoisotopic (exact) mass is 283 g/mol. The number of hydrogen-bond acceptors (Lipinski definition) is 7. The van der Waals surface area contributed by atoms with Crippen LogP contribution < -0.4 is 0 Å². The number of benzene rings is 1. The van der Waals surface area contributed by atoms with E-state index in [1.165, 1.54) is 12.3 Å². The second-order valence-electron chi connectivity index (χ2n) is 4.00. The number of hydrogen-bond donors (Lipinski definition) is 3. The number of aliphatic hydroxyl groups excluding tert-OH is 1. The topological polar surface area (TPSA) is 127 Å². The SMILES string of the molecule is N#C/C(=C(/O)c1cc(O)c(O)c(N=O)c1)c1ccccn1. The van der Waals surface area contributed by atoms with E-state index in [4.69, 9.17) is 5.26 Å². The van der Waals surface area contributed by atoms with Gasteiger partial charge in [-0.1, -0.05) is 6.07 Å². The molecule has 104 valence electrons. The third-order valence-electron chi connectivity index (χ3n) is 2.71. The second kappa shape index (κ2) is 5.71. The standard InChI is InChI=1S/C14H9N3O4/c15-7-9(10-3-1-2-4-16-10)13(19)8-5-11(17-21)14(20)12(18)6-8/h1-6,18-20H/b13-9-. The largest absolute Gasteiger partial charge is 0.506 e. The van der Waals surface area contributed by atoms with Gasteiger partial charge in [0.15, 0.2) is 17.2 Å². The predicted molar refractivity (Wildman–Crippen MR) is 74.5 cm³/mol. The fourth-order valence-corrected chi connectivity index (χ4v) is 1.70. The van der Waals surface area contributed by atoms with E-state index < -0.39 is 22.9 Å². The summed E-state index contributed by atoms with van der Waals surface area (Å²) in [4.78, 5) is 14.5. The molecule has 0 aliphatic heterocycles. The summed E-state index contributed by atoms with van der Waals surface area (Å²) in [7, 11) is 0. The number of allylic oxidation sites excluding steroid dienone is 1. The molecule has 7 nitrogen and oxygen atoms in total. The third-order valence-corrected chi connectivity index (χ3v) is 2.71. The van der Waals surface area contributed by atoms with E-state index >= 15 is 0 Å². The Morgan fingerprint density at radius 3 is 2.62 bits per heavy atom. The van der Waals surface area contributed by atoms with Crippen LogP contribution in [0.4, 0.5) is 5.69 Å². The zero-order valence-corrected chi connectivity index (χ0v) is 10.6. The van der Waals surface area contributed by atoms with Crippen molar-refractivity contribution in [2.24, 2.45) is 5.18 Å². The van der Waals surface area contributed by atoms with E-state index in [-0.39, 0.29) is 16.8 Å². The summed E-state index contributed by atoms with van der Waals surface area (Å²) in [5, 5.41) is 40.7. The van der Waals surface area contributed by atoms with Gasteiger partial charge in [-0.3, -0.25) is 4.98 Å². The number of phenols is 2. The molecule has 1 aromatic carbocycles. The lowest BCUT2D eigenvalue weighted by Gasteiger charge is -2.07. The molecule has 21 heavy (non-hydrogen) atoms. The van der Waals surface area contributed by atoms with Crippen molar-refractivity contribution < 1.29 is 15.3 Å². The zero-order valence-electron chi connectivity index (χ0n) is 10.6. The van der Waals surface area contributed by atoms with Gasteiger partial charge in [0.1, 0.15) is 17.4 Å². The smallest absolute Gasteiger partial charge is 0.187 e. The molecule has 0 aliphatic carbocycles. The fourth-order valence-electron chi connectivity index (χ4n) is 1.70. The first-order valence-corrected chi connectivity index (χ1v) is 5.73. The van der Waals surface area contributed by atoms with Crippen LogP contribution in [-0.2, 0) is 0 Å². The number of pyridine rings is 1. The average molecular weight is 283 g/mol. The quantitative estimate of drug-likeness (QED) is 0.344. The van der Waals surface area contributed by atoms with Gasteiger partial charge in [-0.05, 0) is 29.4 Å². The summed E-state index contributed by atoms with van der Waals surface area (Å²) in [6, 6.07) is 8.68. The van der Waals surface area contributed by atoms with Gasteiger partial charge in [0.25, 0.3) is 0 Å². The van der Waals surface area contributed by atoms with Gasteiger partial charge in [-0.2, -0.15) is 5.26 Å². The van der Waals surface area contributed by atoms with Crippen molar-refractivity contribution in [2.75, 3.05) is 0 Å². The number of aromatic hydroxyl groups is 2. The Bertz CT molecular complexity index is 764. The maximum atomic E-state index is 10.6. The molecule has 1 heterocycles. The number of phenolic OH excluding ortho intramolecular Hbond substituents is 2. The Balaban J connectivity index is 2.65. The number of nitriles is 1. The Hall–Kier alpha value is -3.40. The number of rotatable bonds is 3. The van der Waals surface area contributed by atoms with E-state index in [1.807, 2.05) is 0 Å². The third kappa shape index (κ3) is 2.64. The number of nitroso groups, excluding NO2 is 1. The highest BCUT2D eigenvalue weighted by Crippen LogP contribution is 2.38. The Kier molecular flexibility index (Phi) is 3.81. The van der Waals surface area contributed by atoms with Gasteiger partial charge in [0.2, 0.25) is 0 Å². The van der Waals surface area contributed by atoms with Gasteiger partial charge in [0.05, 0.1) is 5.69 Å². The predicted octanol–water partition coefficient (Wildman–Crippen LogP) is 2.84. The first kappa shape index (κ1) is 14.0. The van der Waals surface area contributed by atoms with Gasteiger partial charge in [-0.15, -0.1) is 4.91 Å². The number of aliphatic hydroxyl groups is 1. The molecule has 0 aliphatic rings. The maximum Gasteiger partial charge on any atom is 0.187 e. The Labute approximate surface area is 119 Å². The van der Waals surface area contributed by atoms with Gasteiger partial charge >= 0.3 is 0 Å². The highest BCUT2D eigenvalue weighted by molar-refractivity contribution is 5.93. The Morgan fingerprint density at radius 2 is 2.05 bits per heavy atom. The number of nitrogens with zero attached hydrogens (tertiary/aromatic N) is 3. The molecular weight excluding hydrogens is 274 g/mol. The van der Waals surface area contributed by atoms with Crippen LogP contribution >= 0.6 is 0 Å². The second-order valence-corrected chi connectivity index (χ2v) is 4.00. The summed E-state index contributed by atoms with van der Waals surface area (Å²) < 4.78 is 0. The van der Waals surface area contributed by atoms with Crippen molar-refractivity contribution >= 4 is 17.0 Å². The minimum atomic E-state index is -0.696. The lowest BCUT2D eigenvalue weighted by molar-refractivity contribution is 0.404. The summed E-state index contributed by atoms with van der Waals surface area (Å²) >= 11 is 0. The van der Waals surface area contributed by atoms with E-state index in [0.29, 0.717) is 0 Å². The molecule has 0 fully saturated rings. The molecule has 0 amide bonds. The van der Waals surface area contributed by atoms with Crippen molar-refractivity contribution in [3.05, 3.63) is 52.7 Å². The molecule has 0 unspecified atom stereocenters. The van der Waals surface area contributed by atoms with Crippen LogP contribution in [0.25, 0.3) is 11.3 Å². The van der Waals surface area contributed by atoms with Crippen LogP contribution in [0.2, 0.25) is 0 Å². The van der Waals surface area contributed by atoms with E-state index in [1.54, 1.807) is 18.2 Å². The normalized spacial score (nSPS) is 11.4. The minimum absolute atomic E-state index is 0.0397. The molecule has 0 saturated carbocycles. The summed E-state index contributed by atoms with van der Waals surface area (Å²) in [6.07, 6.45) is 1.45. The number of aromatic nitrogens is 1. The highest BCUT2D eigenvalue weighted by atomic mass is 16.3. The molecule has 3 N–H and O–H groups in total. The van der Waals surface area contributed by atoms with E-state index in [2.05, 4.69) is 10.2 Å². The maximum absolute atomic E-state index is 10.6. The molecule has 0 bridgehead atoms. The fraction of sp³-hybridized carbons (Fsp3) is 0. The van der Waals surface area contributed by atoms with Gasteiger partial charge < -0.3 is 15.3 Å². The molecule has 0 saturated heterocycles. The van der Waals surface area contributed by atoms with Gasteiger partial charge in [0, 0.05) is 11.8 Å². The van der Waals surface area contributed by atoms with Crippen molar-refractivity contribution in [1.29, 1.82) is 5.26 Å². The van der Waals surface area contributed by atoms with Crippen molar-refractivity contribution in [1.82, 2.24) is 4.98 Å². The van der Waals surface area contributed by atoms with E-state index in [9.17, 15) is 20.2 Å². The van der Waals surface area contributed by atoms with Crippen molar-refractivity contribution in [3.63, 3.8) is 0 Å². The van der Waals surface area contributed by atoms with Crippen LogP contribution in [0.5, 0.6) is 11.5 Å². The summed E-state index contributed by atoms with van der Waals surface area (Å²) in [5.74, 6) is -1.82. The summed E-state index contributed by atoms with van der Waals surface area (Å²) in [5.41, 5.74) is -0.403. The molecule has 0 atom stereocenters. The zero-order chi connectivity index (χ0) is 15.4. The molecule has 7 heteroatoms. The lowest BCUT2D eigenvalue weighted by atomic mass is 10.0. The van der Waals surface area contributed by atoms with Gasteiger partial charge in [-0.25, -0.2) is 0 Å². The molecule has 2 aromatic rings. The molecule has 2 rings (SSSR count). The van der Waals surface area contributed by atoms with Crippen LogP contribution in [0.1, 0.15) is 11.3 Å². The summed E-state index contributed by atoms with van der Waals surface area (Å²) in [6.45, 7) is 0.